The highest BCUT2D eigenvalue weighted by molar-refractivity contribution is 5.81. The number of hydrogen-bond acceptors (Lipinski definition) is 3. The van der Waals surface area contributed by atoms with Crippen LogP contribution in [-0.4, -0.2) is 45.1 Å². The summed E-state index contributed by atoms with van der Waals surface area (Å²) >= 11 is 0. The smallest absolute Gasteiger partial charge is 0.335 e. The van der Waals surface area contributed by atoms with Crippen LogP contribution < -0.4 is 0 Å². The maximum atomic E-state index is 12.4. The van der Waals surface area contributed by atoms with Crippen LogP contribution in [0, 0.1) is 0 Å². The van der Waals surface area contributed by atoms with E-state index in [9.17, 15) is 18.0 Å². The van der Waals surface area contributed by atoms with Crippen LogP contribution >= 0.6 is 0 Å². The molecule has 0 bridgehead atoms. The molecule has 1 aromatic heterocycles. The molecule has 2 heterocycles. The first-order valence-electron chi connectivity index (χ1n) is 6.63. The van der Waals surface area contributed by atoms with Crippen LogP contribution in [0.15, 0.2) is 24.3 Å². The van der Waals surface area contributed by atoms with Gasteiger partial charge in [0.05, 0.1) is 6.04 Å². The number of likely N-dealkylation sites (tertiary alicyclic amines) is 1. The highest BCUT2D eigenvalue weighted by atomic mass is 19.4. The molecule has 0 radical (unpaired) electrons. The zero-order valence-corrected chi connectivity index (χ0v) is 11.0. The number of fused-ring (bicyclic) bond motifs is 1. The van der Waals surface area contributed by atoms with Gasteiger partial charge in [-0.2, -0.15) is 28.2 Å². The summed E-state index contributed by atoms with van der Waals surface area (Å²) < 4.78 is 37.1. The zero-order chi connectivity index (χ0) is 15.0. The minimum atomic E-state index is -4.80. The van der Waals surface area contributed by atoms with Crippen molar-refractivity contribution in [3.63, 3.8) is 0 Å². The predicted molar refractivity (Wildman–Crippen MR) is 68.4 cm³/mol. The number of halogens is 3. The van der Waals surface area contributed by atoms with Crippen LogP contribution in [0.4, 0.5) is 13.2 Å². The van der Waals surface area contributed by atoms with E-state index in [-0.39, 0.29) is 19.1 Å². The number of benzene rings is 1. The van der Waals surface area contributed by atoms with Crippen LogP contribution in [0.2, 0.25) is 0 Å². The Bertz CT molecular complexity index is 626. The molecule has 1 aliphatic heterocycles. The van der Waals surface area contributed by atoms with Crippen LogP contribution in [0.25, 0.3) is 11.0 Å². The number of alkyl halides is 3. The Morgan fingerprint density at radius 2 is 1.62 bits per heavy atom. The first kappa shape index (κ1) is 13.8. The molecule has 21 heavy (non-hydrogen) atoms. The average molecular weight is 298 g/mol. The van der Waals surface area contributed by atoms with E-state index in [0.717, 1.165) is 15.9 Å². The van der Waals surface area contributed by atoms with Gasteiger partial charge in [0.2, 0.25) is 0 Å². The summed E-state index contributed by atoms with van der Waals surface area (Å²) in [6, 6.07) is 7.30. The lowest BCUT2D eigenvalue weighted by Crippen LogP contribution is -2.45. The van der Waals surface area contributed by atoms with Crippen LogP contribution in [0.5, 0.6) is 0 Å². The zero-order valence-electron chi connectivity index (χ0n) is 11.0. The molecule has 3 rings (SSSR count). The van der Waals surface area contributed by atoms with Crippen molar-refractivity contribution in [2.45, 2.75) is 25.1 Å². The molecule has 0 N–H and O–H groups in total. The Morgan fingerprint density at radius 3 is 2.10 bits per heavy atom. The fourth-order valence-electron chi connectivity index (χ4n) is 2.52. The van der Waals surface area contributed by atoms with Crippen molar-refractivity contribution in [2.24, 2.45) is 0 Å². The lowest BCUT2D eigenvalue weighted by atomic mass is 10.1. The SMILES string of the molecule is O=C(N1CCC(n2nc3ccccc3n2)CC1)C(F)(F)F. The van der Waals surface area contributed by atoms with Crippen molar-refractivity contribution in [3.8, 4) is 0 Å². The summed E-state index contributed by atoms with van der Waals surface area (Å²) in [4.78, 5) is 13.6. The quantitative estimate of drug-likeness (QED) is 0.810. The van der Waals surface area contributed by atoms with E-state index in [4.69, 9.17) is 0 Å². The van der Waals surface area contributed by atoms with Crippen molar-refractivity contribution < 1.29 is 18.0 Å². The van der Waals surface area contributed by atoms with Crippen LogP contribution in [-0.2, 0) is 4.79 Å². The molecule has 0 unspecified atom stereocenters. The van der Waals surface area contributed by atoms with E-state index in [1.165, 1.54) is 0 Å². The Hall–Kier alpha value is -2.12. The summed E-state index contributed by atoms with van der Waals surface area (Å²) in [5, 5.41) is 8.67. The second-order valence-corrected chi connectivity index (χ2v) is 5.03. The molecule has 112 valence electrons. The van der Waals surface area contributed by atoms with Crippen LogP contribution in [0.3, 0.4) is 0 Å². The molecule has 1 aromatic carbocycles. The Labute approximate surface area is 118 Å². The first-order chi connectivity index (χ1) is 9.95. The van der Waals surface area contributed by atoms with E-state index < -0.39 is 12.1 Å². The van der Waals surface area contributed by atoms with Gasteiger partial charge in [0, 0.05) is 13.1 Å². The van der Waals surface area contributed by atoms with E-state index in [1.807, 2.05) is 24.3 Å². The molecule has 1 aliphatic rings. The van der Waals surface area contributed by atoms with Gasteiger partial charge in [0.1, 0.15) is 11.0 Å². The van der Waals surface area contributed by atoms with E-state index in [1.54, 1.807) is 4.80 Å². The van der Waals surface area contributed by atoms with E-state index in [2.05, 4.69) is 10.2 Å². The number of aromatic nitrogens is 3. The molecule has 0 atom stereocenters. The summed E-state index contributed by atoms with van der Waals surface area (Å²) in [7, 11) is 0. The molecule has 8 heteroatoms. The van der Waals surface area contributed by atoms with Crippen molar-refractivity contribution in [1.82, 2.24) is 19.9 Å². The van der Waals surface area contributed by atoms with Gasteiger partial charge < -0.3 is 4.90 Å². The Balaban J connectivity index is 1.69. The van der Waals surface area contributed by atoms with Gasteiger partial charge in [-0.1, -0.05) is 12.1 Å². The lowest BCUT2D eigenvalue weighted by molar-refractivity contribution is -0.186. The molecule has 0 saturated carbocycles. The number of carbonyl (C=O) groups excluding carboxylic acids is 1. The number of hydrogen-bond donors (Lipinski definition) is 0. The Kier molecular flexibility index (Phi) is 3.30. The summed E-state index contributed by atoms with van der Waals surface area (Å²) in [5.74, 6) is -1.76. The molecule has 0 aliphatic carbocycles. The van der Waals surface area contributed by atoms with Crippen molar-refractivity contribution in [1.29, 1.82) is 0 Å². The molecule has 1 fully saturated rings. The Morgan fingerprint density at radius 1 is 1.10 bits per heavy atom. The molecular formula is C13H13F3N4O. The number of nitrogens with zero attached hydrogens (tertiary/aromatic N) is 4. The first-order valence-corrected chi connectivity index (χ1v) is 6.63. The second kappa shape index (κ2) is 5.01. The fraction of sp³-hybridized carbons (Fsp3) is 0.462. The summed E-state index contributed by atoms with van der Waals surface area (Å²) in [6.45, 7) is 0.141. The monoisotopic (exact) mass is 298 g/mol. The molecule has 0 spiro atoms. The molecule has 5 nitrogen and oxygen atoms in total. The van der Waals surface area contributed by atoms with Gasteiger partial charge in [-0.3, -0.25) is 4.79 Å². The van der Waals surface area contributed by atoms with E-state index in [0.29, 0.717) is 12.8 Å². The van der Waals surface area contributed by atoms with Crippen LogP contribution in [0.1, 0.15) is 18.9 Å². The topological polar surface area (TPSA) is 51.0 Å². The lowest BCUT2D eigenvalue weighted by Gasteiger charge is -2.31. The normalized spacial score (nSPS) is 17.4. The standard InChI is InChI=1S/C13H13F3N4O/c14-13(15,16)12(21)19-7-5-9(6-8-19)20-17-10-3-1-2-4-11(10)18-20/h1-4,9H,5-8H2. The number of rotatable bonds is 1. The summed E-state index contributed by atoms with van der Waals surface area (Å²) in [6.07, 6.45) is -3.96. The maximum absolute atomic E-state index is 12.4. The molecule has 2 aromatic rings. The molecule has 1 saturated heterocycles. The highest BCUT2D eigenvalue weighted by Crippen LogP contribution is 2.26. The van der Waals surface area contributed by atoms with Gasteiger partial charge in [0.15, 0.2) is 0 Å². The number of carbonyl (C=O) groups is 1. The van der Waals surface area contributed by atoms with E-state index >= 15 is 0 Å². The second-order valence-electron chi connectivity index (χ2n) is 5.03. The summed E-state index contributed by atoms with van der Waals surface area (Å²) in [5.41, 5.74) is 1.51. The third kappa shape index (κ3) is 2.70. The van der Waals surface area contributed by atoms with Crippen molar-refractivity contribution >= 4 is 16.9 Å². The predicted octanol–water partition coefficient (Wildman–Crippen LogP) is 2.16. The minimum absolute atomic E-state index is 0.0703. The third-order valence-electron chi connectivity index (χ3n) is 3.62. The third-order valence-corrected chi connectivity index (χ3v) is 3.62. The maximum Gasteiger partial charge on any atom is 0.471 e. The molecule has 1 amide bonds. The van der Waals surface area contributed by atoms with Crippen molar-refractivity contribution in [3.05, 3.63) is 24.3 Å². The number of piperidine rings is 1. The average Bonchev–Trinajstić information content (AvgIpc) is 2.89. The molecular weight excluding hydrogens is 285 g/mol. The van der Waals surface area contributed by atoms with Gasteiger partial charge in [-0.05, 0) is 25.0 Å². The number of amides is 1. The highest BCUT2D eigenvalue weighted by Gasteiger charge is 2.43. The van der Waals surface area contributed by atoms with Gasteiger partial charge in [-0.15, -0.1) is 0 Å². The van der Waals surface area contributed by atoms with Crippen molar-refractivity contribution in [2.75, 3.05) is 13.1 Å². The van der Waals surface area contributed by atoms with Gasteiger partial charge >= 0.3 is 12.1 Å². The fourth-order valence-corrected chi connectivity index (χ4v) is 2.52. The minimum Gasteiger partial charge on any atom is -0.335 e. The van der Waals surface area contributed by atoms with Gasteiger partial charge in [-0.25, -0.2) is 0 Å². The largest absolute Gasteiger partial charge is 0.471 e. The van der Waals surface area contributed by atoms with Gasteiger partial charge in [0.25, 0.3) is 0 Å².